The normalized spacial score (nSPS) is 14.6. The van der Waals surface area contributed by atoms with Crippen LogP contribution in [0.3, 0.4) is 0 Å². The Balaban J connectivity index is 1.58. The summed E-state index contributed by atoms with van der Waals surface area (Å²) in [5.74, 6) is -6.47. The number of hydrogen-bond acceptors (Lipinski definition) is 8. The van der Waals surface area contributed by atoms with Crippen LogP contribution in [-0.2, 0) is 44.8 Å². The lowest BCUT2D eigenvalue weighted by atomic mass is 10.0. The fourth-order valence-electron chi connectivity index (χ4n) is 3.98. The van der Waals surface area contributed by atoms with Crippen molar-refractivity contribution < 1.29 is 48.7 Å². The van der Waals surface area contributed by atoms with Crippen molar-refractivity contribution in [1.82, 2.24) is 19.7 Å². The smallest absolute Gasteiger partial charge is 0.333 e. The maximum absolute atomic E-state index is 14.3. The van der Waals surface area contributed by atoms with Crippen molar-refractivity contribution in [1.29, 1.82) is 0 Å². The van der Waals surface area contributed by atoms with Gasteiger partial charge in [-0.05, 0) is 23.8 Å². The van der Waals surface area contributed by atoms with Gasteiger partial charge >= 0.3 is 6.18 Å². The standard InChI is InChI=1S/C22H17F6N5O6S/c23-16-10-18(25)17(24)8-12(16)7-14(39-40(37,38)15-3-1-13(2-4-15)33(35)36)9-20(34)31-5-6-32-19(11-31)29-30-21(32)22(26,27)28/h1-4,8,10,14H,5-7,9,11H2. The number of carbonyl (C=O) groups is 1. The van der Waals surface area contributed by atoms with E-state index in [4.69, 9.17) is 4.18 Å². The lowest BCUT2D eigenvalue weighted by Gasteiger charge is -2.29. The highest BCUT2D eigenvalue weighted by molar-refractivity contribution is 7.86. The molecule has 0 saturated heterocycles. The van der Waals surface area contributed by atoms with E-state index in [1.165, 1.54) is 0 Å². The van der Waals surface area contributed by atoms with Crippen molar-refractivity contribution in [3.8, 4) is 0 Å². The quantitative estimate of drug-likeness (QED) is 0.128. The molecule has 0 aliphatic carbocycles. The van der Waals surface area contributed by atoms with Crippen molar-refractivity contribution in [3.05, 3.63) is 81.2 Å². The molecule has 0 radical (unpaired) electrons. The second-order valence-corrected chi connectivity index (χ2v) is 10.2. The summed E-state index contributed by atoms with van der Waals surface area (Å²) in [5.41, 5.74) is -0.954. The molecule has 1 amide bonds. The number of carbonyl (C=O) groups excluding carboxylic acids is 1. The Kier molecular flexibility index (Phi) is 7.84. The molecule has 1 aliphatic heterocycles. The van der Waals surface area contributed by atoms with Gasteiger partial charge in [0.2, 0.25) is 11.7 Å². The molecule has 40 heavy (non-hydrogen) atoms. The van der Waals surface area contributed by atoms with Gasteiger partial charge in [0.15, 0.2) is 17.5 Å². The van der Waals surface area contributed by atoms with E-state index in [1.54, 1.807) is 0 Å². The first kappa shape index (κ1) is 28.9. The fourth-order valence-corrected chi connectivity index (χ4v) is 5.05. The number of rotatable bonds is 8. The van der Waals surface area contributed by atoms with E-state index >= 15 is 0 Å². The zero-order valence-corrected chi connectivity index (χ0v) is 20.8. The minimum Gasteiger partial charge on any atom is -0.333 e. The van der Waals surface area contributed by atoms with E-state index < -0.39 is 92.0 Å². The zero-order valence-electron chi connectivity index (χ0n) is 19.9. The number of aromatic nitrogens is 3. The Hall–Kier alpha value is -4.06. The van der Waals surface area contributed by atoms with E-state index in [1.807, 2.05) is 0 Å². The molecular weight excluding hydrogens is 576 g/mol. The Morgan fingerprint density at radius 2 is 1.70 bits per heavy atom. The maximum atomic E-state index is 14.3. The second-order valence-electron chi connectivity index (χ2n) is 8.59. The molecule has 2 aromatic carbocycles. The number of nitrogens with zero attached hydrogens (tertiary/aromatic N) is 5. The molecule has 3 aromatic rings. The number of benzene rings is 2. The average Bonchev–Trinajstić information content (AvgIpc) is 3.31. The van der Waals surface area contributed by atoms with E-state index in [0.29, 0.717) is 6.07 Å². The molecule has 1 unspecified atom stereocenters. The molecule has 0 spiro atoms. The summed E-state index contributed by atoms with van der Waals surface area (Å²) in [6.07, 6.45) is -7.98. The van der Waals surface area contributed by atoms with Crippen LogP contribution < -0.4 is 0 Å². The minimum atomic E-state index is -4.78. The van der Waals surface area contributed by atoms with Crippen molar-refractivity contribution in [2.24, 2.45) is 0 Å². The SMILES string of the molecule is O=C(CC(Cc1cc(F)c(F)cc1F)OS(=O)(=O)c1ccc([N+](=O)[O-])cc1)N1CCn2c(nnc2C(F)(F)F)C1. The predicted octanol–water partition coefficient (Wildman–Crippen LogP) is 3.37. The largest absolute Gasteiger partial charge is 0.451 e. The summed E-state index contributed by atoms with van der Waals surface area (Å²) in [6, 6.07) is 4.17. The number of non-ortho nitro benzene ring substituents is 1. The van der Waals surface area contributed by atoms with Crippen LogP contribution in [0.4, 0.5) is 32.0 Å². The van der Waals surface area contributed by atoms with Gasteiger partial charge in [-0.15, -0.1) is 10.2 Å². The Morgan fingerprint density at radius 3 is 2.33 bits per heavy atom. The summed E-state index contributed by atoms with van der Waals surface area (Å²) in [7, 11) is -4.73. The van der Waals surface area contributed by atoms with Crippen LogP contribution in [0.2, 0.25) is 0 Å². The summed E-state index contributed by atoms with van der Waals surface area (Å²) in [4.78, 5) is 23.6. The molecule has 1 aromatic heterocycles. The number of hydrogen-bond donors (Lipinski definition) is 0. The van der Waals surface area contributed by atoms with Gasteiger partial charge in [-0.25, -0.2) is 13.2 Å². The topological polar surface area (TPSA) is 138 Å². The van der Waals surface area contributed by atoms with Crippen molar-refractivity contribution >= 4 is 21.7 Å². The summed E-state index contributed by atoms with van der Waals surface area (Å²) < 4.78 is 112. The van der Waals surface area contributed by atoms with Crippen LogP contribution in [0.1, 0.15) is 23.6 Å². The highest BCUT2D eigenvalue weighted by atomic mass is 32.2. The van der Waals surface area contributed by atoms with Crippen LogP contribution in [-0.4, -0.2) is 51.6 Å². The van der Waals surface area contributed by atoms with Gasteiger partial charge in [0.1, 0.15) is 5.82 Å². The number of alkyl halides is 3. The van der Waals surface area contributed by atoms with Gasteiger partial charge in [-0.1, -0.05) is 0 Å². The predicted molar refractivity (Wildman–Crippen MR) is 120 cm³/mol. The Morgan fingerprint density at radius 1 is 1.05 bits per heavy atom. The lowest BCUT2D eigenvalue weighted by molar-refractivity contribution is -0.384. The molecule has 214 valence electrons. The van der Waals surface area contributed by atoms with E-state index in [0.717, 1.165) is 33.7 Å². The first-order valence-corrected chi connectivity index (χ1v) is 12.6. The second kappa shape index (κ2) is 10.8. The first-order chi connectivity index (χ1) is 18.7. The van der Waals surface area contributed by atoms with Gasteiger partial charge in [0, 0.05) is 37.7 Å². The molecule has 4 rings (SSSR count). The van der Waals surface area contributed by atoms with Crippen molar-refractivity contribution in [2.75, 3.05) is 6.54 Å². The molecule has 0 fully saturated rings. The molecule has 11 nitrogen and oxygen atoms in total. The van der Waals surface area contributed by atoms with E-state index in [9.17, 15) is 49.7 Å². The Labute approximate surface area is 221 Å². The van der Waals surface area contributed by atoms with Crippen LogP contribution in [0.5, 0.6) is 0 Å². The molecule has 2 heterocycles. The molecule has 0 N–H and O–H groups in total. The molecule has 0 saturated carbocycles. The zero-order chi connectivity index (χ0) is 29.4. The number of halogens is 6. The van der Waals surface area contributed by atoms with E-state index in [2.05, 4.69) is 10.2 Å². The molecular formula is C22H17F6N5O6S. The fraction of sp³-hybridized carbons (Fsp3) is 0.318. The van der Waals surface area contributed by atoms with Crippen LogP contribution in [0.25, 0.3) is 0 Å². The monoisotopic (exact) mass is 593 g/mol. The lowest BCUT2D eigenvalue weighted by Crippen LogP contribution is -2.41. The van der Waals surface area contributed by atoms with Gasteiger partial charge in [0.05, 0.1) is 28.9 Å². The van der Waals surface area contributed by atoms with Crippen LogP contribution >= 0.6 is 0 Å². The van der Waals surface area contributed by atoms with Crippen molar-refractivity contribution in [2.45, 2.75) is 43.1 Å². The van der Waals surface area contributed by atoms with Crippen molar-refractivity contribution in [3.63, 3.8) is 0 Å². The van der Waals surface area contributed by atoms with E-state index in [-0.39, 0.29) is 25.0 Å². The Bertz CT molecular complexity index is 1560. The molecule has 18 heteroatoms. The van der Waals surface area contributed by atoms with Gasteiger partial charge in [0.25, 0.3) is 15.8 Å². The third kappa shape index (κ3) is 6.22. The molecule has 1 atom stereocenters. The maximum Gasteiger partial charge on any atom is 0.451 e. The number of fused-ring (bicyclic) bond motifs is 1. The number of nitro groups is 1. The molecule has 1 aliphatic rings. The summed E-state index contributed by atoms with van der Waals surface area (Å²) in [6.45, 7) is -0.981. The number of amides is 1. The molecule has 0 bridgehead atoms. The summed E-state index contributed by atoms with van der Waals surface area (Å²) in [5, 5.41) is 17.4. The average molecular weight is 593 g/mol. The van der Waals surface area contributed by atoms with Crippen LogP contribution in [0, 0.1) is 27.6 Å². The van der Waals surface area contributed by atoms with Gasteiger partial charge < -0.3 is 9.47 Å². The highest BCUT2D eigenvalue weighted by Gasteiger charge is 2.40. The van der Waals surface area contributed by atoms with Gasteiger partial charge in [-0.2, -0.15) is 21.6 Å². The van der Waals surface area contributed by atoms with Gasteiger partial charge in [-0.3, -0.25) is 19.1 Å². The summed E-state index contributed by atoms with van der Waals surface area (Å²) >= 11 is 0. The van der Waals surface area contributed by atoms with Crippen LogP contribution in [0.15, 0.2) is 41.3 Å². The minimum absolute atomic E-state index is 0.186. The third-order valence-corrected chi connectivity index (χ3v) is 7.27. The number of nitro benzene ring substituents is 1. The first-order valence-electron chi connectivity index (χ1n) is 11.2. The third-order valence-electron chi connectivity index (χ3n) is 5.90. The highest BCUT2D eigenvalue weighted by Crippen LogP contribution is 2.30.